The number of aromatic amines is 1. The van der Waals surface area contributed by atoms with E-state index < -0.39 is 6.10 Å². The highest BCUT2D eigenvalue weighted by Gasteiger charge is 2.10. The minimum absolute atomic E-state index is 0.0309. The summed E-state index contributed by atoms with van der Waals surface area (Å²) in [4.78, 5) is 16.5. The number of nitrogens with zero attached hydrogens (tertiary/aromatic N) is 1. The number of benzene rings is 1. The number of aliphatic hydroxyl groups is 1. The Hall–Kier alpha value is -1.65. The Kier molecular flexibility index (Phi) is 4.02. The van der Waals surface area contributed by atoms with Crippen molar-refractivity contribution in [3.8, 4) is 0 Å². The molecule has 2 aromatic rings. The third-order valence-corrected chi connectivity index (χ3v) is 3.25. The highest BCUT2D eigenvalue weighted by molar-refractivity contribution is 5.79. The minimum Gasteiger partial charge on any atom is -0.387 e. The summed E-state index contributed by atoms with van der Waals surface area (Å²) in [6, 6.07) is 7.56. The molecule has 0 aliphatic rings. The Balaban J connectivity index is 2.44. The lowest BCUT2D eigenvalue weighted by atomic mass is 10.0. The first-order valence-corrected chi connectivity index (χ1v) is 6.50. The summed E-state index contributed by atoms with van der Waals surface area (Å²) in [5.41, 5.74) is 2.42. The van der Waals surface area contributed by atoms with Crippen molar-refractivity contribution >= 4 is 10.9 Å². The molecule has 0 aliphatic carbocycles. The van der Waals surface area contributed by atoms with Crippen molar-refractivity contribution in [3.63, 3.8) is 0 Å². The maximum Gasteiger partial charge on any atom is 0.251 e. The van der Waals surface area contributed by atoms with Gasteiger partial charge >= 0.3 is 0 Å². The van der Waals surface area contributed by atoms with Gasteiger partial charge < -0.3 is 15.0 Å². The Morgan fingerprint density at radius 2 is 2.05 bits per heavy atom. The number of H-pyrrole nitrogens is 1. The first kappa shape index (κ1) is 13.8. The standard InChI is InChI=1S/C15H20N2O2/c1-4-10-7-12-8-11(14(18)9-17(2)3)5-6-13(12)16-15(10)19/h5-8,14,18H,4,9H2,1-3H3,(H,16,19). The van der Waals surface area contributed by atoms with Crippen molar-refractivity contribution in [3.05, 3.63) is 45.7 Å². The van der Waals surface area contributed by atoms with Gasteiger partial charge in [-0.15, -0.1) is 0 Å². The summed E-state index contributed by atoms with van der Waals surface area (Å²) in [5.74, 6) is 0. The van der Waals surface area contributed by atoms with E-state index in [0.29, 0.717) is 13.0 Å². The summed E-state index contributed by atoms with van der Waals surface area (Å²) in [6.45, 7) is 2.54. The van der Waals surface area contributed by atoms with Crippen LogP contribution in [0.3, 0.4) is 0 Å². The highest BCUT2D eigenvalue weighted by Crippen LogP contribution is 2.19. The summed E-state index contributed by atoms with van der Waals surface area (Å²) < 4.78 is 0. The molecule has 0 aliphatic heterocycles. The lowest BCUT2D eigenvalue weighted by Crippen LogP contribution is -2.20. The molecule has 2 rings (SSSR count). The topological polar surface area (TPSA) is 56.3 Å². The van der Waals surface area contributed by atoms with Crippen molar-refractivity contribution in [2.24, 2.45) is 0 Å². The zero-order valence-electron chi connectivity index (χ0n) is 11.6. The molecule has 0 amide bonds. The van der Waals surface area contributed by atoms with Gasteiger partial charge in [0.2, 0.25) is 0 Å². The van der Waals surface area contributed by atoms with Crippen molar-refractivity contribution in [1.82, 2.24) is 9.88 Å². The first-order chi connectivity index (χ1) is 9.01. The molecule has 1 heterocycles. The molecule has 0 radical (unpaired) electrons. The molecule has 102 valence electrons. The van der Waals surface area contributed by atoms with Crippen LogP contribution in [0.5, 0.6) is 0 Å². The Bertz CT molecular complexity index is 632. The van der Waals surface area contributed by atoms with Crippen LogP contribution in [0, 0.1) is 0 Å². The molecule has 1 unspecified atom stereocenters. The van der Waals surface area contributed by atoms with Gasteiger partial charge in [0.15, 0.2) is 0 Å². The fourth-order valence-corrected chi connectivity index (χ4v) is 2.19. The predicted octanol–water partition coefficient (Wildman–Crippen LogP) is 1.69. The van der Waals surface area contributed by atoms with Crippen LogP contribution in [0.15, 0.2) is 29.1 Å². The molecule has 4 nitrogen and oxygen atoms in total. The normalized spacial score (nSPS) is 13.1. The largest absolute Gasteiger partial charge is 0.387 e. The Labute approximate surface area is 112 Å². The lowest BCUT2D eigenvalue weighted by Gasteiger charge is -2.16. The summed E-state index contributed by atoms with van der Waals surface area (Å²) in [7, 11) is 3.86. The molecule has 0 saturated heterocycles. The monoisotopic (exact) mass is 260 g/mol. The molecule has 1 aromatic heterocycles. The van der Waals surface area contributed by atoms with E-state index >= 15 is 0 Å². The predicted molar refractivity (Wildman–Crippen MR) is 77.5 cm³/mol. The molecule has 1 atom stereocenters. The van der Waals surface area contributed by atoms with Crippen LogP contribution >= 0.6 is 0 Å². The van der Waals surface area contributed by atoms with Crippen LogP contribution in [0.1, 0.15) is 24.2 Å². The molecule has 0 spiro atoms. The van der Waals surface area contributed by atoms with Crippen LogP contribution in [-0.4, -0.2) is 35.6 Å². The van der Waals surface area contributed by atoms with E-state index in [1.165, 1.54) is 0 Å². The second-order valence-corrected chi connectivity index (χ2v) is 5.10. The molecule has 0 fully saturated rings. The van der Waals surface area contributed by atoms with Gasteiger partial charge in [-0.3, -0.25) is 4.79 Å². The number of aliphatic hydroxyl groups excluding tert-OH is 1. The summed E-state index contributed by atoms with van der Waals surface area (Å²) in [5, 5.41) is 11.1. The van der Waals surface area contributed by atoms with E-state index in [1.807, 2.05) is 50.2 Å². The quantitative estimate of drug-likeness (QED) is 0.879. The number of pyridine rings is 1. The maximum atomic E-state index is 11.7. The number of aromatic nitrogens is 1. The average Bonchev–Trinajstić information content (AvgIpc) is 2.36. The SMILES string of the molecule is CCc1cc2cc(C(O)CN(C)C)ccc2[nH]c1=O. The Morgan fingerprint density at radius 3 is 2.68 bits per heavy atom. The smallest absolute Gasteiger partial charge is 0.251 e. The van der Waals surface area contributed by atoms with Gasteiger partial charge in [-0.2, -0.15) is 0 Å². The van der Waals surface area contributed by atoms with E-state index in [2.05, 4.69) is 4.98 Å². The van der Waals surface area contributed by atoms with E-state index in [-0.39, 0.29) is 5.56 Å². The second kappa shape index (κ2) is 5.55. The second-order valence-electron chi connectivity index (χ2n) is 5.10. The number of aryl methyl sites for hydroxylation is 1. The molecule has 0 bridgehead atoms. The molecule has 4 heteroatoms. The molecular weight excluding hydrogens is 240 g/mol. The third kappa shape index (κ3) is 3.03. The average molecular weight is 260 g/mol. The number of hydrogen-bond donors (Lipinski definition) is 2. The summed E-state index contributed by atoms with van der Waals surface area (Å²) in [6.07, 6.45) is 0.187. The van der Waals surface area contributed by atoms with Crippen LogP contribution in [-0.2, 0) is 6.42 Å². The molecule has 0 saturated carbocycles. The zero-order chi connectivity index (χ0) is 14.0. The van der Waals surface area contributed by atoms with Crippen LogP contribution in [0.2, 0.25) is 0 Å². The lowest BCUT2D eigenvalue weighted by molar-refractivity contribution is 0.138. The molecular formula is C15H20N2O2. The van der Waals surface area contributed by atoms with Gasteiger partial charge in [0.1, 0.15) is 0 Å². The number of hydrogen-bond acceptors (Lipinski definition) is 3. The zero-order valence-corrected chi connectivity index (χ0v) is 11.6. The van der Waals surface area contributed by atoms with Gasteiger partial charge in [0, 0.05) is 17.6 Å². The van der Waals surface area contributed by atoms with Gasteiger partial charge in [0.05, 0.1) is 6.10 Å². The molecule has 1 aromatic carbocycles. The van der Waals surface area contributed by atoms with Gasteiger partial charge in [0.25, 0.3) is 5.56 Å². The van der Waals surface area contributed by atoms with Crippen LogP contribution < -0.4 is 5.56 Å². The van der Waals surface area contributed by atoms with Crippen LogP contribution in [0.25, 0.3) is 10.9 Å². The van der Waals surface area contributed by atoms with E-state index in [9.17, 15) is 9.90 Å². The molecule has 2 N–H and O–H groups in total. The van der Waals surface area contributed by atoms with Crippen molar-refractivity contribution < 1.29 is 5.11 Å². The van der Waals surface area contributed by atoms with E-state index in [4.69, 9.17) is 0 Å². The third-order valence-electron chi connectivity index (χ3n) is 3.25. The molecule has 19 heavy (non-hydrogen) atoms. The van der Waals surface area contributed by atoms with Gasteiger partial charge in [-0.05, 0) is 49.7 Å². The number of fused-ring (bicyclic) bond motifs is 1. The fraction of sp³-hybridized carbons (Fsp3) is 0.400. The van der Waals surface area contributed by atoms with Crippen molar-refractivity contribution in [1.29, 1.82) is 0 Å². The van der Waals surface area contributed by atoms with Crippen LogP contribution in [0.4, 0.5) is 0 Å². The number of likely N-dealkylation sites (N-methyl/N-ethyl adjacent to an activating group) is 1. The number of nitrogens with one attached hydrogen (secondary N) is 1. The van der Waals surface area contributed by atoms with E-state index in [1.54, 1.807) is 0 Å². The fourth-order valence-electron chi connectivity index (χ4n) is 2.19. The first-order valence-electron chi connectivity index (χ1n) is 6.50. The van der Waals surface area contributed by atoms with Gasteiger partial charge in [-0.25, -0.2) is 0 Å². The Morgan fingerprint density at radius 1 is 1.32 bits per heavy atom. The number of rotatable bonds is 4. The van der Waals surface area contributed by atoms with E-state index in [0.717, 1.165) is 22.0 Å². The summed E-state index contributed by atoms with van der Waals surface area (Å²) >= 11 is 0. The maximum absolute atomic E-state index is 11.7. The van der Waals surface area contributed by atoms with Crippen molar-refractivity contribution in [2.45, 2.75) is 19.4 Å². The van der Waals surface area contributed by atoms with Gasteiger partial charge in [-0.1, -0.05) is 13.0 Å². The minimum atomic E-state index is -0.517. The highest BCUT2D eigenvalue weighted by atomic mass is 16.3. The van der Waals surface area contributed by atoms with Crippen molar-refractivity contribution in [2.75, 3.05) is 20.6 Å².